The molecule has 1 aromatic carbocycles. The van der Waals surface area contributed by atoms with E-state index < -0.39 is 5.97 Å². The minimum Gasteiger partial charge on any atom is -0.452 e. The summed E-state index contributed by atoms with van der Waals surface area (Å²) in [6.07, 6.45) is 2.75. The molecule has 0 saturated carbocycles. The fourth-order valence-corrected chi connectivity index (χ4v) is 2.30. The van der Waals surface area contributed by atoms with Gasteiger partial charge >= 0.3 is 5.97 Å². The van der Waals surface area contributed by atoms with E-state index >= 15 is 0 Å². The van der Waals surface area contributed by atoms with E-state index in [9.17, 15) is 9.59 Å². The molecule has 2 aromatic rings. The van der Waals surface area contributed by atoms with Gasteiger partial charge in [-0.3, -0.25) is 9.48 Å². The van der Waals surface area contributed by atoms with Gasteiger partial charge in [-0.25, -0.2) is 4.79 Å². The molecule has 0 aliphatic heterocycles. The Morgan fingerprint density at radius 2 is 2.00 bits per heavy atom. The van der Waals surface area contributed by atoms with Crippen LogP contribution in [0.4, 0.5) is 5.69 Å². The lowest BCUT2D eigenvalue weighted by Crippen LogP contribution is -2.30. The third-order valence-corrected chi connectivity index (χ3v) is 3.89. The molecule has 1 heterocycles. The lowest BCUT2D eigenvalue weighted by molar-refractivity contribution is -0.142. The van der Waals surface area contributed by atoms with Crippen LogP contribution >= 0.6 is 11.6 Å². The number of aryl methyl sites for hydroxylation is 2. The van der Waals surface area contributed by atoms with Gasteiger partial charge in [0.15, 0.2) is 6.61 Å². The summed E-state index contributed by atoms with van der Waals surface area (Å²) < 4.78 is 6.48. The van der Waals surface area contributed by atoms with Crippen LogP contribution in [0.2, 0.25) is 5.15 Å². The van der Waals surface area contributed by atoms with Crippen molar-refractivity contribution in [2.75, 3.05) is 18.6 Å². The quantitative estimate of drug-likeness (QED) is 0.616. The first-order valence-corrected chi connectivity index (χ1v) is 7.63. The molecule has 0 radical (unpaired) electrons. The van der Waals surface area contributed by atoms with Gasteiger partial charge in [-0.05, 0) is 25.1 Å². The molecule has 1 aromatic heterocycles. The van der Waals surface area contributed by atoms with Crippen LogP contribution < -0.4 is 4.90 Å². The summed E-state index contributed by atoms with van der Waals surface area (Å²) in [4.78, 5) is 25.2. The number of aromatic nitrogens is 2. The zero-order valence-electron chi connectivity index (χ0n) is 13.7. The molecule has 0 bridgehead atoms. The SMILES string of the molecule is Cc1nn(C)c(Cl)c1/C=C/C(=O)OCC(=O)N(C)c1ccccc1. The Kier molecular flexibility index (Phi) is 5.76. The van der Waals surface area contributed by atoms with Gasteiger partial charge in [-0.15, -0.1) is 0 Å². The molecule has 0 saturated heterocycles. The molecule has 0 atom stereocenters. The summed E-state index contributed by atoms with van der Waals surface area (Å²) in [6.45, 7) is 1.45. The van der Waals surface area contributed by atoms with Gasteiger partial charge in [0.2, 0.25) is 0 Å². The topological polar surface area (TPSA) is 64.4 Å². The van der Waals surface area contributed by atoms with E-state index in [4.69, 9.17) is 16.3 Å². The highest BCUT2D eigenvalue weighted by atomic mass is 35.5. The van der Waals surface area contributed by atoms with Crippen LogP contribution in [-0.4, -0.2) is 35.3 Å². The Bertz CT molecular complexity index is 769. The molecule has 1 amide bonds. The standard InChI is InChI=1S/C17H18ClN3O3/c1-12-14(17(18)21(3)19-12)9-10-16(23)24-11-15(22)20(2)13-7-5-4-6-8-13/h4-10H,11H2,1-3H3/b10-9+. The zero-order chi connectivity index (χ0) is 17.7. The number of anilines is 1. The van der Waals surface area contributed by atoms with Crippen LogP contribution in [0.1, 0.15) is 11.3 Å². The van der Waals surface area contributed by atoms with E-state index in [1.54, 1.807) is 33.2 Å². The van der Waals surface area contributed by atoms with Gasteiger partial charge in [-0.2, -0.15) is 5.10 Å². The molecule has 0 spiro atoms. The molecule has 126 valence electrons. The Hall–Kier alpha value is -2.60. The number of benzene rings is 1. The van der Waals surface area contributed by atoms with Gasteiger partial charge in [0.1, 0.15) is 5.15 Å². The zero-order valence-corrected chi connectivity index (χ0v) is 14.4. The number of amides is 1. The highest BCUT2D eigenvalue weighted by Crippen LogP contribution is 2.20. The summed E-state index contributed by atoms with van der Waals surface area (Å²) in [7, 11) is 3.34. The van der Waals surface area contributed by atoms with Crippen LogP contribution in [-0.2, 0) is 21.4 Å². The number of rotatable bonds is 5. The summed E-state index contributed by atoms with van der Waals surface area (Å²) in [5, 5.41) is 4.57. The van der Waals surface area contributed by atoms with Crippen LogP contribution in [0.15, 0.2) is 36.4 Å². The first-order chi connectivity index (χ1) is 11.4. The fourth-order valence-electron chi connectivity index (χ4n) is 2.06. The van der Waals surface area contributed by atoms with Gasteiger partial charge < -0.3 is 9.64 Å². The minimum atomic E-state index is -0.621. The average molecular weight is 348 g/mol. The third-order valence-electron chi connectivity index (χ3n) is 3.44. The minimum absolute atomic E-state index is 0.321. The largest absolute Gasteiger partial charge is 0.452 e. The lowest BCUT2D eigenvalue weighted by atomic mass is 10.2. The monoisotopic (exact) mass is 347 g/mol. The van der Waals surface area contributed by atoms with Crippen molar-refractivity contribution in [3.63, 3.8) is 0 Å². The van der Waals surface area contributed by atoms with Crippen molar-refractivity contribution in [1.82, 2.24) is 9.78 Å². The highest BCUT2D eigenvalue weighted by Gasteiger charge is 2.13. The number of carbonyl (C=O) groups is 2. The van der Waals surface area contributed by atoms with Crippen molar-refractivity contribution in [2.45, 2.75) is 6.92 Å². The summed E-state index contributed by atoms with van der Waals surface area (Å²) in [6, 6.07) is 9.11. The predicted molar refractivity (Wildman–Crippen MR) is 92.8 cm³/mol. The van der Waals surface area contributed by atoms with Crippen LogP contribution in [0.3, 0.4) is 0 Å². The number of nitrogens with zero attached hydrogens (tertiary/aromatic N) is 3. The van der Waals surface area contributed by atoms with E-state index in [1.165, 1.54) is 21.7 Å². The number of ether oxygens (including phenoxy) is 1. The fraction of sp³-hybridized carbons (Fsp3) is 0.235. The van der Waals surface area contributed by atoms with Crippen molar-refractivity contribution in [3.8, 4) is 0 Å². The molecule has 6 nitrogen and oxygen atoms in total. The van der Waals surface area contributed by atoms with Crippen molar-refractivity contribution in [2.24, 2.45) is 7.05 Å². The number of hydrogen-bond donors (Lipinski definition) is 0. The Morgan fingerprint density at radius 3 is 2.58 bits per heavy atom. The Labute approximate surface area is 145 Å². The molecule has 24 heavy (non-hydrogen) atoms. The summed E-state index contributed by atoms with van der Waals surface area (Å²) in [5.74, 6) is -0.942. The predicted octanol–water partition coefficient (Wildman–Crippen LogP) is 2.60. The normalized spacial score (nSPS) is 10.8. The van der Waals surface area contributed by atoms with Gasteiger partial charge in [0, 0.05) is 31.4 Å². The average Bonchev–Trinajstić information content (AvgIpc) is 2.83. The molecule has 0 N–H and O–H groups in total. The van der Waals surface area contributed by atoms with Crippen molar-refractivity contribution in [3.05, 3.63) is 52.8 Å². The van der Waals surface area contributed by atoms with Crippen LogP contribution in [0.5, 0.6) is 0 Å². The molecule has 0 fully saturated rings. The van der Waals surface area contributed by atoms with Crippen LogP contribution in [0.25, 0.3) is 6.08 Å². The second-order valence-corrected chi connectivity index (χ2v) is 5.50. The Morgan fingerprint density at radius 1 is 1.33 bits per heavy atom. The lowest BCUT2D eigenvalue weighted by Gasteiger charge is -2.16. The van der Waals surface area contributed by atoms with Crippen molar-refractivity contribution < 1.29 is 14.3 Å². The van der Waals surface area contributed by atoms with E-state index in [-0.39, 0.29) is 12.5 Å². The van der Waals surface area contributed by atoms with Crippen LogP contribution in [0, 0.1) is 6.92 Å². The molecule has 7 heteroatoms. The number of likely N-dealkylation sites (N-methyl/N-ethyl adjacent to an activating group) is 1. The first-order valence-electron chi connectivity index (χ1n) is 7.25. The van der Waals surface area contributed by atoms with Gasteiger partial charge in [0.05, 0.1) is 5.69 Å². The number of para-hydroxylation sites is 1. The molecule has 0 aliphatic rings. The molecular weight excluding hydrogens is 330 g/mol. The molecular formula is C17H18ClN3O3. The first kappa shape index (κ1) is 17.7. The van der Waals surface area contributed by atoms with Gasteiger partial charge in [-0.1, -0.05) is 29.8 Å². The van der Waals surface area contributed by atoms with E-state index in [1.807, 2.05) is 18.2 Å². The molecule has 0 unspecified atom stereocenters. The third kappa shape index (κ3) is 4.23. The summed E-state index contributed by atoms with van der Waals surface area (Å²) >= 11 is 6.07. The maximum Gasteiger partial charge on any atom is 0.331 e. The summed E-state index contributed by atoms with van der Waals surface area (Å²) in [5.41, 5.74) is 2.07. The second kappa shape index (κ2) is 7.79. The van der Waals surface area contributed by atoms with Crippen molar-refractivity contribution >= 4 is 35.2 Å². The Balaban J connectivity index is 1.91. The number of esters is 1. The smallest absolute Gasteiger partial charge is 0.331 e. The molecule has 2 rings (SSSR count). The van der Waals surface area contributed by atoms with Gasteiger partial charge in [0.25, 0.3) is 5.91 Å². The van der Waals surface area contributed by atoms with E-state index in [0.29, 0.717) is 16.4 Å². The second-order valence-electron chi connectivity index (χ2n) is 5.14. The number of carbonyl (C=O) groups excluding carboxylic acids is 2. The maximum atomic E-state index is 12.0. The maximum absolute atomic E-state index is 12.0. The van der Waals surface area contributed by atoms with E-state index in [0.717, 1.165) is 5.69 Å². The van der Waals surface area contributed by atoms with Crippen molar-refractivity contribution in [1.29, 1.82) is 0 Å². The van der Waals surface area contributed by atoms with E-state index in [2.05, 4.69) is 5.10 Å². The molecule has 0 aliphatic carbocycles. The number of halogens is 1. The number of hydrogen-bond acceptors (Lipinski definition) is 4. The highest BCUT2D eigenvalue weighted by molar-refractivity contribution is 6.31.